The quantitative estimate of drug-likeness (QED) is 0.741. The van der Waals surface area contributed by atoms with E-state index in [2.05, 4.69) is 15.9 Å². The Morgan fingerprint density at radius 3 is 2.17 bits per heavy atom. The molecule has 7 heteroatoms. The summed E-state index contributed by atoms with van der Waals surface area (Å²) in [5.41, 5.74) is 0. The molecule has 0 radical (unpaired) electrons. The minimum Gasteiger partial charge on any atom is -0.355 e. The van der Waals surface area contributed by atoms with Crippen molar-refractivity contribution in [2.24, 2.45) is 0 Å². The number of hydrogen-bond donors (Lipinski definition) is 0. The van der Waals surface area contributed by atoms with E-state index >= 15 is 0 Å². The van der Waals surface area contributed by atoms with E-state index in [0.29, 0.717) is 0 Å². The number of methoxy groups -OCH3 is 2. The molecule has 0 bridgehead atoms. The molecule has 0 heterocycles. The number of halogens is 1. The van der Waals surface area contributed by atoms with E-state index in [-0.39, 0.29) is 11.4 Å². The van der Waals surface area contributed by atoms with Crippen LogP contribution in [0.3, 0.4) is 0 Å². The van der Waals surface area contributed by atoms with Gasteiger partial charge in [-0.05, 0) is 24.3 Å². The molecule has 0 aliphatic heterocycles. The first kappa shape index (κ1) is 15.6. The molecule has 0 fully saturated rings. The molecule has 0 N–H and O–H groups in total. The lowest BCUT2D eigenvalue weighted by Gasteiger charge is -2.21. The van der Waals surface area contributed by atoms with Crippen LogP contribution in [-0.2, 0) is 19.5 Å². The molecule has 0 saturated carbocycles. The predicted octanol–water partition coefficient (Wildman–Crippen LogP) is 1.69. The molecule has 1 rings (SSSR count). The molecule has 0 atom stereocenters. The summed E-state index contributed by atoms with van der Waals surface area (Å²) < 4.78 is 36.4. The van der Waals surface area contributed by atoms with Crippen LogP contribution in [0.25, 0.3) is 0 Å². The maximum Gasteiger partial charge on any atom is 0.242 e. The smallest absolute Gasteiger partial charge is 0.242 e. The molecule has 0 amide bonds. The third-order valence-corrected chi connectivity index (χ3v) is 4.82. The summed E-state index contributed by atoms with van der Waals surface area (Å²) in [7, 11) is 0.903. The minimum atomic E-state index is -3.52. The Kier molecular flexibility index (Phi) is 5.74. The number of benzene rings is 1. The number of hydrogen-bond acceptors (Lipinski definition) is 4. The molecule has 18 heavy (non-hydrogen) atoms. The molecule has 0 saturated heterocycles. The van der Waals surface area contributed by atoms with Gasteiger partial charge >= 0.3 is 0 Å². The molecular weight excluding hydrogens is 322 g/mol. The van der Waals surface area contributed by atoms with Crippen LogP contribution in [0.2, 0.25) is 0 Å². The number of rotatable bonds is 6. The van der Waals surface area contributed by atoms with Crippen molar-refractivity contribution in [2.75, 3.05) is 27.8 Å². The first-order valence-corrected chi connectivity index (χ1v) is 7.42. The van der Waals surface area contributed by atoms with Gasteiger partial charge in [0.25, 0.3) is 0 Å². The average Bonchev–Trinajstić information content (AvgIpc) is 2.36. The molecule has 0 aliphatic rings. The summed E-state index contributed by atoms with van der Waals surface area (Å²) >= 11 is 3.26. The largest absolute Gasteiger partial charge is 0.355 e. The Morgan fingerprint density at radius 2 is 1.72 bits per heavy atom. The average molecular weight is 338 g/mol. The summed E-state index contributed by atoms with van der Waals surface area (Å²) in [5, 5.41) is 0. The van der Waals surface area contributed by atoms with Crippen LogP contribution in [0.15, 0.2) is 33.6 Å². The summed E-state index contributed by atoms with van der Waals surface area (Å²) in [4.78, 5) is 0.235. The van der Waals surface area contributed by atoms with Gasteiger partial charge in [-0.3, -0.25) is 0 Å². The minimum absolute atomic E-state index is 0.130. The van der Waals surface area contributed by atoms with E-state index in [4.69, 9.17) is 9.47 Å². The second kappa shape index (κ2) is 6.63. The van der Waals surface area contributed by atoms with Crippen molar-refractivity contribution in [3.05, 3.63) is 28.7 Å². The van der Waals surface area contributed by atoms with E-state index in [9.17, 15) is 8.42 Å². The van der Waals surface area contributed by atoms with Crippen LogP contribution < -0.4 is 0 Å². The second-order valence-corrected chi connectivity index (χ2v) is 6.60. The Labute approximate surface area is 116 Å². The van der Waals surface area contributed by atoms with Crippen molar-refractivity contribution < 1.29 is 17.9 Å². The van der Waals surface area contributed by atoms with Crippen molar-refractivity contribution in [3.63, 3.8) is 0 Å². The van der Waals surface area contributed by atoms with E-state index in [1.54, 1.807) is 24.3 Å². The Bertz CT molecular complexity index is 470. The monoisotopic (exact) mass is 337 g/mol. The molecule has 0 aromatic heterocycles. The van der Waals surface area contributed by atoms with Crippen molar-refractivity contribution in [1.82, 2.24) is 4.31 Å². The zero-order valence-corrected chi connectivity index (χ0v) is 12.9. The van der Waals surface area contributed by atoms with Crippen molar-refractivity contribution in [2.45, 2.75) is 11.2 Å². The molecule has 0 spiro atoms. The van der Waals surface area contributed by atoms with Crippen LogP contribution >= 0.6 is 15.9 Å². The number of sulfonamides is 1. The topological polar surface area (TPSA) is 55.8 Å². The van der Waals surface area contributed by atoms with Crippen molar-refractivity contribution in [3.8, 4) is 0 Å². The highest BCUT2D eigenvalue weighted by molar-refractivity contribution is 9.10. The zero-order chi connectivity index (χ0) is 13.8. The number of nitrogens with zero attached hydrogens (tertiary/aromatic N) is 1. The molecule has 5 nitrogen and oxygen atoms in total. The summed E-state index contributed by atoms with van der Waals surface area (Å²) in [6, 6.07) is 6.46. The van der Waals surface area contributed by atoms with E-state index in [1.165, 1.54) is 25.6 Å². The molecule has 0 aliphatic carbocycles. The van der Waals surface area contributed by atoms with Crippen LogP contribution in [0, 0.1) is 0 Å². The van der Waals surface area contributed by atoms with Gasteiger partial charge in [0, 0.05) is 25.7 Å². The Hall–Kier alpha value is -0.470. The lowest BCUT2D eigenvalue weighted by molar-refractivity contribution is -0.106. The fourth-order valence-electron chi connectivity index (χ4n) is 1.34. The maximum absolute atomic E-state index is 12.2. The SMILES string of the molecule is COC(CN(C)S(=O)(=O)c1ccc(Br)cc1)OC. The van der Waals surface area contributed by atoms with Crippen molar-refractivity contribution in [1.29, 1.82) is 0 Å². The molecule has 0 unspecified atom stereocenters. The highest BCUT2D eigenvalue weighted by Crippen LogP contribution is 2.18. The van der Waals surface area contributed by atoms with Crippen LogP contribution in [-0.4, -0.2) is 46.8 Å². The van der Waals surface area contributed by atoms with Gasteiger partial charge in [-0.25, -0.2) is 8.42 Å². The standard InChI is InChI=1S/C11H16BrNO4S/c1-13(8-11(16-2)17-3)18(14,15)10-6-4-9(12)5-7-10/h4-7,11H,8H2,1-3H3. The molecule has 102 valence electrons. The van der Waals surface area contributed by atoms with E-state index in [1.807, 2.05) is 0 Å². The highest BCUT2D eigenvalue weighted by Gasteiger charge is 2.23. The van der Waals surface area contributed by atoms with Crippen molar-refractivity contribution >= 4 is 26.0 Å². The first-order chi connectivity index (χ1) is 8.41. The fraction of sp³-hybridized carbons (Fsp3) is 0.455. The number of likely N-dealkylation sites (N-methyl/N-ethyl adjacent to an activating group) is 1. The van der Waals surface area contributed by atoms with Crippen LogP contribution in [0.1, 0.15) is 0 Å². The second-order valence-electron chi connectivity index (χ2n) is 3.64. The molecule has 1 aromatic carbocycles. The van der Waals surface area contributed by atoms with Gasteiger partial charge in [-0.1, -0.05) is 15.9 Å². The summed E-state index contributed by atoms with van der Waals surface area (Å²) in [6.45, 7) is 0.130. The number of ether oxygens (including phenoxy) is 2. The normalized spacial score (nSPS) is 12.3. The summed E-state index contributed by atoms with van der Waals surface area (Å²) in [6.07, 6.45) is -0.583. The third-order valence-electron chi connectivity index (χ3n) is 2.45. The molecular formula is C11H16BrNO4S. The van der Waals surface area contributed by atoms with Crippen LogP contribution in [0.5, 0.6) is 0 Å². The lowest BCUT2D eigenvalue weighted by atomic mass is 10.4. The predicted molar refractivity (Wildman–Crippen MR) is 71.8 cm³/mol. The zero-order valence-electron chi connectivity index (χ0n) is 10.5. The first-order valence-electron chi connectivity index (χ1n) is 5.19. The third kappa shape index (κ3) is 3.76. The Balaban J connectivity index is 2.89. The maximum atomic E-state index is 12.2. The van der Waals surface area contributed by atoms with Gasteiger partial charge < -0.3 is 9.47 Å². The van der Waals surface area contributed by atoms with Gasteiger partial charge in [0.05, 0.1) is 11.4 Å². The Morgan fingerprint density at radius 1 is 1.22 bits per heavy atom. The summed E-state index contributed by atoms with van der Waals surface area (Å²) in [5.74, 6) is 0. The molecule has 1 aromatic rings. The fourth-order valence-corrected chi connectivity index (χ4v) is 2.76. The van der Waals surface area contributed by atoms with Gasteiger partial charge in [-0.15, -0.1) is 0 Å². The van der Waals surface area contributed by atoms with Crippen LogP contribution in [0.4, 0.5) is 0 Å². The van der Waals surface area contributed by atoms with E-state index in [0.717, 1.165) is 4.47 Å². The lowest BCUT2D eigenvalue weighted by Crippen LogP contribution is -2.36. The van der Waals surface area contributed by atoms with Gasteiger partial charge in [0.1, 0.15) is 0 Å². The van der Waals surface area contributed by atoms with Gasteiger partial charge in [0.2, 0.25) is 10.0 Å². The highest BCUT2D eigenvalue weighted by atomic mass is 79.9. The van der Waals surface area contributed by atoms with E-state index < -0.39 is 16.3 Å². The van der Waals surface area contributed by atoms with Gasteiger partial charge in [-0.2, -0.15) is 4.31 Å². The van der Waals surface area contributed by atoms with Gasteiger partial charge in [0.15, 0.2) is 6.29 Å².